The monoisotopic (exact) mass is 224 g/mol. The molecule has 1 aromatic carbocycles. The van der Waals surface area contributed by atoms with E-state index in [0.29, 0.717) is 16.9 Å². The standard InChI is InChI=1S/C9H10BFO3Si/c1-15(2)9-7(10(13)14-15)4-3-6(5-12)8(9)11/h3-5,13H,1-2H3. The lowest BCUT2D eigenvalue weighted by Crippen LogP contribution is -2.46. The largest absolute Gasteiger partial charge is 0.480 e. The van der Waals surface area contributed by atoms with Crippen LogP contribution in [-0.2, 0) is 4.34 Å². The van der Waals surface area contributed by atoms with E-state index in [-0.39, 0.29) is 5.56 Å². The summed E-state index contributed by atoms with van der Waals surface area (Å²) >= 11 is 0. The van der Waals surface area contributed by atoms with Crippen molar-refractivity contribution in [3.8, 4) is 0 Å². The summed E-state index contributed by atoms with van der Waals surface area (Å²) in [6, 6.07) is 2.91. The van der Waals surface area contributed by atoms with Gasteiger partial charge in [0.25, 0.3) is 0 Å². The van der Waals surface area contributed by atoms with Gasteiger partial charge in [0.1, 0.15) is 5.82 Å². The molecule has 0 aromatic heterocycles. The molecule has 0 spiro atoms. The van der Waals surface area contributed by atoms with Crippen LogP contribution in [-0.4, -0.2) is 26.7 Å². The van der Waals surface area contributed by atoms with Crippen LogP contribution in [0.2, 0.25) is 13.1 Å². The third-order valence-corrected chi connectivity index (χ3v) is 5.13. The van der Waals surface area contributed by atoms with Gasteiger partial charge >= 0.3 is 7.12 Å². The average molecular weight is 224 g/mol. The fourth-order valence-electron chi connectivity index (χ4n) is 1.92. The molecule has 6 heteroatoms. The van der Waals surface area contributed by atoms with Crippen LogP contribution in [0.5, 0.6) is 0 Å². The highest BCUT2D eigenvalue weighted by Gasteiger charge is 2.45. The quantitative estimate of drug-likeness (QED) is 0.529. The van der Waals surface area contributed by atoms with Crippen molar-refractivity contribution in [2.45, 2.75) is 13.1 Å². The number of benzene rings is 1. The van der Waals surface area contributed by atoms with Crippen molar-refractivity contribution in [3.05, 3.63) is 23.5 Å². The van der Waals surface area contributed by atoms with Crippen molar-refractivity contribution in [2.75, 3.05) is 0 Å². The van der Waals surface area contributed by atoms with Gasteiger partial charge in [0.15, 0.2) is 6.29 Å². The summed E-state index contributed by atoms with van der Waals surface area (Å²) in [4.78, 5) is 10.6. The average Bonchev–Trinajstić information content (AvgIpc) is 2.38. The predicted molar refractivity (Wildman–Crippen MR) is 57.6 cm³/mol. The van der Waals surface area contributed by atoms with Gasteiger partial charge in [-0.05, 0) is 24.6 Å². The van der Waals surface area contributed by atoms with E-state index >= 15 is 0 Å². The summed E-state index contributed by atoms with van der Waals surface area (Å²) in [5.41, 5.74) is 0.474. The molecule has 78 valence electrons. The van der Waals surface area contributed by atoms with Crippen LogP contribution in [0.15, 0.2) is 12.1 Å². The first-order chi connectivity index (χ1) is 6.97. The summed E-state index contributed by atoms with van der Waals surface area (Å²) in [6.45, 7) is 3.58. The lowest BCUT2D eigenvalue weighted by molar-refractivity contribution is 0.112. The van der Waals surface area contributed by atoms with Crippen LogP contribution in [0.4, 0.5) is 4.39 Å². The van der Waals surface area contributed by atoms with E-state index < -0.39 is 21.3 Å². The van der Waals surface area contributed by atoms with Gasteiger partial charge in [-0.1, -0.05) is 6.07 Å². The van der Waals surface area contributed by atoms with Crippen molar-refractivity contribution in [1.82, 2.24) is 0 Å². The van der Waals surface area contributed by atoms with Crippen LogP contribution in [0.1, 0.15) is 10.4 Å². The summed E-state index contributed by atoms with van der Waals surface area (Å²) in [5.74, 6) is -0.546. The SMILES string of the molecule is C[Si]1(C)OB(O)c2ccc(C=O)c(F)c21. The van der Waals surface area contributed by atoms with Crippen LogP contribution in [0.3, 0.4) is 0 Å². The molecule has 0 unspecified atom stereocenters. The van der Waals surface area contributed by atoms with Crippen LogP contribution < -0.4 is 10.6 Å². The third kappa shape index (κ3) is 1.45. The first-order valence-electron chi connectivity index (χ1n) is 4.61. The topological polar surface area (TPSA) is 46.5 Å². The van der Waals surface area contributed by atoms with Crippen molar-refractivity contribution < 1.29 is 18.6 Å². The number of carbonyl (C=O) groups excluding carboxylic acids is 1. The van der Waals surface area contributed by atoms with Gasteiger partial charge in [0.2, 0.25) is 8.32 Å². The number of carbonyl (C=O) groups is 1. The molecular weight excluding hydrogens is 214 g/mol. The molecule has 0 atom stereocenters. The second kappa shape index (κ2) is 3.26. The molecule has 1 aliphatic rings. The van der Waals surface area contributed by atoms with E-state index in [4.69, 9.17) is 4.34 Å². The Morgan fingerprint density at radius 3 is 2.80 bits per heavy atom. The maximum atomic E-state index is 13.9. The normalized spacial score (nSPS) is 17.7. The third-order valence-electron chi connectivity index (χ3n) is 2.61. The molecule has 0 amide bonds. The zero-order valence-electron chi connectivity index (χ0n) is 8.45. The van der Waals surface area contributed by atoms with Gasteiger partial charge in [-0.3, -0.25) is 4.79 Å². The molecule has 2 rings (SSSR count). The summed E-state index contributed by atoms with van der Waals surface area (Å²) in [5, 5.41) is 9.96. The van der Waals surface area contributed by atoms with Crippen LogP contribution in [0, 0.1) is 5.82 Å². The molecule has 15 heavy (non-hydrogen) atoms. The second-order valence-electron chi connectivity index (χ2n) is 4.03. The predicted octanol–water partition coefficient (Wildman–Crippen LogP) is -0.232. The highest BCUT2D eigenvalue weighted by Crippen LogP contribution is 2.16. The van der Waals surface area contributed by atoms with Gasteiger partial charge in [-0.25, -0.2) is 4.39 Å². The molecule has 3 nitrogen and oxygen atoms in total. The van der Waals surface area contributed by atoms with E-state index in [0.717, 1.165) is 0 Å². The van der Waals surface area contributed by atoms with Gasteiger partial charge in [-0.2, -0.15) is 0 Å². The Morgan fingerprint density at radius 1 is 1.53 bits per heavy atom. The number of hydrogen-bond donors (Lipinski definition) is 1. The summed E-state index contributed by atoms with van der Waals surface area (Å²) < 4.78 is 19.2. The van der Waals surface area contributed by atoms with Crippen molar-refractivity contribution in [2.24, 2.45) is 0 Å². The van der Waals surface area contributed by atoms with Gasteiger partial charge in [0.05, 0.1) is 0 Å². The van der Waals surface area contributed by atoms with Crippen molar-refractivity contribution >= 4 is 32.4 Å². The minimum atomic E-state index is -2.40. The molecule has 0 aliphatic carbocycles. The molecule has 1 aromatic rings. The van der Waals surface area contributed by atoms with Gasteiger partial charge < -0.3 is 9.37 Å². The molecule has 0 radical (unpaired) electrons. The van der Waals surface area contributed by atoms with Gasteiger partial charge in [0, 0.05) is 10.8 Å². The van der Waals surface area contributed by atoms with Crippen LogP contribution >= 0.6 is 0 Å². The van der Waals surface area contributed by atoms with Crippen molar-refractivity contribution in [3.63, 3.8) is 0 Å². The first kappa shape index (κ1) is 10.5. The maximum absolute atomic E-state index is 13.9. The maximum Gasteiger partial charge on any atom is 0.480 e. The number of aldehydes is 1. The Labute approximate surface area is 88.2 Å². The molecular formula is C9H10BFO3Si. The Hall–Kier alpha value is -0.978. The Morgan fingerprint density at radius 2 is 2.20 bits per heavy atom. The zero-order chi connectivity index (χ0) is 11.2. The molecule has 1 N–H and O–H groups in total. The highest BCUT2D eigenvalue weighted by atomic mass is 28.4. The molecule has 0 saturated carbocycles. The van der Waals surface area contributed by atoms with E-state index in [1.165, 1.54) is 6.07 Å². The lowest BCUT2D eigenvalue weighted by atomic mass is 9.80. The van der Waals surface area contributed by atoms with E-state index in [2.05, 4.69) is 0 Å². The minimum Gasteiger partial charge on any atom is -0.446 e. The summed E-state index contributed by atoms with van der Waals surface area (Å²) in [6.07, 6.45) is 0.477. The number of fused-ring (bicyclic) bond motifs is 1. The van der Waals surface area contributed by atoms with E-state index in [9.17, 15) is 14.2 Å². The van der Waals surface area contributed by atoms with Gasteiger partial charge in [-0.15, -0.1) is 0 Å². The fraction of sp³-hybridized carbons (Fsp3) is 0.222. The highest BCUT2D eigenvalue weighted by molar-refractivity contribution is 6.97. The van der Waals surface area contributed by atoms with E-state index in [1.54, 1.807) is 19.2 Å². The molecule has 0 saturated heterocycles. The molecule has 0 fully saturated rings. The second-order valence-corrected chi connectivity index (χ2v) is 7.79. The van der Waals surface area contributed by atoms with E-state index in [1.807, 2.05) is 0 Å². The zero-order valence-corrected chi connectivity index (χ0v) is 9.45. The lowest BCUT2D eigenvalue weighted by Gasteiger charge is -2.17. The number of hydrogen-bond acceptors (Lipinski definition) is 3. The fourth-order valence-corrected chi connectivity index (χ4v) is 4.30. The molecule has 0 bridgehead atoms. The van der Waals surface area contributed by atoms with Crippen molar-refractivity contribution in [1.29, 1.82) is 0 Å². The van der Waals surface area contributed by atoms with Crippen LogP contribution in [0.25, 0.3) is 0 Å². The number of rotatable bonds is 1. The minimum absolute atomic E-state index is 0.0204. The number of halogens is 1. The smallest absolute Gasteiger partial charge is 0.446 e. The first-order valence-corrected chi connectivity index (χ1v) is 7.52. The Kier molecular flexibility index (Phi) is 2.29. The Bertz CT molecular complexity index is 436. The summed E-state index contributed by atoms with van der Waals surface area (Å²) in [7, 11) is -3.46. The molecule has 1 heterocycles. The Balaban J connectivity index is 2.71. The molecule has 1 aliphatic heterocycles.